The lowest BCUT2D eigenvalue weighted by atomic mass is 10.3. The lowest BCUT2D eigenvalue weighted by molar-refractivity contribution is 0.0691. The van der Waals surface area contributed by atoms with Gasteiger partial charge in [-0.25, -0.2) is 19.2 Å². The number of aromatic amines is 1. The third-order valence-electron chi connectivity index (χ3n) is 1.85. The molecule has 0 amide bonds. The van der Waals surface area contributed by atoms with Crippen LogP contribution in [0.25, 0.3) is 0 Å². The van der Waals surface area contributed by atoms with Gasteiger partial charge in [0.15, 0.2) is 5.82 Å². The average Bonchev–Trinajstić information content (AvgIpc) is 2.67. The summed E-state index contributed by atoms with van der Waals surface area (Å²) in [5, 5.41) is 15.4. The van der Waals surface area contributed by atoms with Gasteiger partial charge >= 0.3 is 5.97 Å². The Morgan fingerprint density at radius 1 is 1.59 bits per heavy atom. The van der Waals surface area contributed by atoms with Crippen LogP contribution in [-0.2, 0) is 0 Å². The molecule has 0 aromatic carbocycles. The Labute approximate surface area is 99.3 Å². The first-order valence-corrected chi connectivity index (χ1v) is 5.34. The van der Waals surface area contributed by atoms with E-state index in [-0.39, 0.29) is 10.2 Å². The topological polar surface area (TPSA) is 91.8 Å². The van der Waals surface area contributed by atoms with Crippen molar-refractivity contribution in [2.75, 3.05) is 0 Å². The van der Waals surface area contributed by atoms with Crippen LogP contribution in [0.3, 0.4) is 0 Å². The number of aromatic nitrogens is 4. The number of carbonyl (C=O) groups is 1. The Balaban J connectivity index is 2.33. The fourth-order valence-corrected chi connectivity index (χ4v) is 1.88. The van der Waals surface area contributed by atoms with Crippen LogP contribution in [0.4, 0.5) is 4.39 Å². The van der Waals surface area contributed by atoms with E-state index in [1.807, 2.05) is 0 Å². The lowest BCUT2D eigenvalue weighted by Gasteiger charge is -2.01. The SMILES string of the molecule is Cc1nc(Sc2nccc(C(=O)O)c2F)n[nH]1. The van der Waals surface area contributed by atoms with Gasteiger partial charge < -0.3 is 5.11 Å². The van der Waals surface area contributed by atoms with Gasteiger partial charge in [0.2, 0.25) is 5.16 Å². The monoisotopic (exact) mass is 254 g/mol. The fourth-order valence-electron chi connectivity index (χ4n) is 1.12. The zero-order valence-electron chi connectivity index (χ0n) is 8.64. The van der Waals surface area contributed by atoms with Crippen molar-refractivity contribution in [1.82, 2.24) is 20.2 Å². The number of pyridine rings is 1. The molecule has 2 rings (SSSR count). The number of carboxylic acid groups (broad SMARTS) is 1. The molecule has 0 saturated heterocycles. The number of rotatable bonds is 3. The molecular weight excluding hydrogens is 247 g/mol. The summed E-state index contributed by atoms with van der Waals surface area (Å²) in [4.78, 5) is 18.4. The van der Waals surface area contributed by atoms with Gasteiger partial charge in [-0.1, -0.05) is 0 Å². The lowest BCUT2D eigenvalue weighted by Crippen LogP contribution is -2.02. The first-order valence-electron chi connectivity index (χ1n) is 4.52. The van der Waals surface area contributed by atoms with E-state index in [1.54, 1.807) is 6.92 Å². The summed E-state index contributed by atoms with van der Waals surface area (Å²) in [6, 6.07) is 1.10. The summed E-state index contributed by atoms with van der Waals surface area (Å²) < 4.78 is 13.7. The Hall–Kier alpha value is -1.96. The Morgan fingerprint density at radius 2 is 2.35 bits per heavy atom. The highest BCUT2D eigenvalue weighted by Gasteiger charge is 2.17. The second-order valence-corrected chi connectivity index (χ2v) is 4.04. The molecule has 0 unspecified atom stereocenters. The van der Waals surface area contributed by atoms with E-state index in [9.17, 15) is 9.18 Å². The molecule has 2 aromatic rings. The number of nitrogens with zero attached hydrogens (tertiary/aromatic N) is 3. The summed E-state index contributed by atoms with van der Waals surface area (Å²) in [5.74, 6) is -1.63. The van der Waals surface area contributed by atoms with E-state index < -0.39 is 17.3 Å². The normalized spacial score (nSPS) is 10.5. The molecule has 0 bridgehead atoms. The maximum absolute atomic E-state index is 13.7. The molecule has 0 aliphatic rings. The highest BCUT2D eigenvalue weighted by Crippen LogP contribution is 2.26. The first-order chi connectivity index (χ1) is 8.08. The van der Waals surface area contributed by atoms with Crippen molar-refractivity contribution in [3.63, 3.8) is 0 Å². The highest BCUT2D eigenvalue weighted by atomic mass is 32.2. The maximum atomic E-state index is 13.7. The van der Waals surface area contributed by atoms with Crippen molar-refractivity contribution < 1.29 is 14.3 Å². The third kappa shape index (κ3) is 2.41. The molecular formula is C9H7FN4O2S. The molecule has 88 valence electrons. The molecule has 2 aromatic heterocycles. The molecule has 0 atom stereocenters. The number of hydrogen-bond donors (Lipinski definition) is 2. The van der Waals surface area contributed by atoms with Crippen molar-refractivity contribution in [2.24, 2.45) is 0 Å². The average molecular weight is 254 g/mol. The maximum Gasteiger partial charge on any atom is 0.338 e. The van der Waals surface area contributed by atoms with Crippen LogP contribution in [0.2, 0.25) is 0 Å². The summed E-state index contributed by atoms with van der Waals surface area (Å²) in [6.07, 6.45) is 1.23. The van der Waals surface area contributed by atoms with Gasteiger partial charge in [-0.3, -0.25) is 5.10 Å². The molecule has 0 aliphatic heterocycles. The van der Waals surface area contributed by atoms with Crippen LogP contribution in [-0.4, -0.2) is 31.2 Å². The molecule has 0 aliphatic carbocycles. The van der Waals surface area contributed by atoms with E-state index in [0.29, 0.717) is 5.82 Å². The number of aromatic carboxylic acids is 1. The number of aryl methyl sites for hydroxylation is 1. The van der Waals surface area contributed by atoms with Gasteiger partial charge in [0.25, 0.3) is 0 Å². The van der Waals surface area contributed by atoms with Gasteiger partial charge in [0, 0.05) is 6.20 Å². The minimum atomic E-state index is -1.34. The minimum Gasteiger partial charge on any atom is -0.478 e. The van der Waals surface area contributed by atoms with E-state index in [1.165, 1.54) is 6.20 Å². The Morgan fingerprint density at radius 3 is 2.94 bits per heavy atom. The van der Waals surface area contributed by atoms with Crippen molar-refractivity contribution in [2.45, 2.75) is 17.1 Å². The quantitative estimate of drug-likeness (QED) is 0.862. The van der Waals surface area contributed by atoms with Crippen LogP contribution in [0.5, 0.6) is 0 Å². The highest BCUT2D eigenvalue weighted by molar-refractivity contribution is 7.99. The number of nitrogens with one attached hydrogen (secondary N) is 1. The first kappa shape index (κ1) is 11.5. The molecule has 0 spiro atoms. The molecule has 8 heteroatoms. The summed E-state index contributed by atoms with van der Waals surface area (Å²) in [7, 11) is 0. The zero-order chi connectivity index (χ0) is 12.4. The molecule has 2 heterocycles. The molecule has 0 radical (unpaired) electrons. The van der Waals surface area contributed by atoms with Crippen LogP contribution in [0.1, 0.15) is 16.2 Å². The van der Waals surface area contributed by atoms with Crippen molar-refractivity contribution in [3.8, 4) is 0 Å². The third-order valence-corrected chi connectivity index (χ3v) is 2.70. The predicted octanol–water partition coefficient (Wildman–Crippen LogP) is 1.50. The number of hydrogen-bond acceptors (Lipinski definition) is 5. The molecule has 6 nitrogen and oxygen atoms in total. The Kier molecular flexibility index (Phi) is 3.05. The summed E-state index contributed by atoms with van der Waals surface area (Å²) >= 11 is 0.864. The number of H-pyrrole nitrogens is 1. The summed E-state index contributed by atoms with van der Waals surface area (Å²) in [6.45, 7) is 1.70. The van der Waals surface area contributed by atoms with Crippen LogP contribution < -0.4 is 0 Å². The van der Waals surface area contributed by atoms with Crippen LogP contribution in [0, 0.1) is 12.7 Å². The van der Waals surface area contributed by atoms with Crippen LogP contribution >= 0.6 is 11.8 Å². The zero-order valence-corrected chi connectivity index (χ0v) is 9.45. The molecule has 0 fully saturated rings. The second-order valence-electron chi connectivity index (χ2n) is 3.09. The largest absolute Gasteiger partial charge is 0.478 e. The van der Waals surface area contributed by atoms with E-state index in [2.05, 4.69) is 20.2 Å². The van der Waals surface area contributed by atoms with Crippen molar-refractivity contribution >= 4 is 17.7 Å². The van der Waals surface area contributed by atoms with Gasteiger partial charge in [-0.2, -0.15) is 0 Å². The van der Waals surface area contributed by atoms with Gasteiger partial charge in [0.1, 0.15) is 10.9 Å². The van der Waals surface area contributed by atoms with Crippen LogP contribution in [0.15, 0.2) is 22.4 Å². The predicted molar refractivity (Wildman–Crippen MR) is 56.4 cm³/mol. The van der Waals surface area contributed by atoms with Gasteiger partial charge in [-0.15, -0.1) is 5.10 Å². The van der Waals surface area contributed by atoms with Crippen molar-refractivity contribution in [3.05, 3.63) is 29.5 Å². The van der Waals surface area contributed by atoms with Gasteiger partial charge in [0.05, 0.1) is 5.56 Å². The Bertz CT molecular complexity index is 572. The van der Waals surface area contributed by atoms with E-state index in [0.717, 1.165) is 17.8 Å². The summed E-state index contributed by atoms with van der Waals surface area (Å²) in [5.41, 5.74) is -0.422. The van der Waals surface area contributed by atoms with Crippen molar-refractivity contribution in [1.29, 1.82) is 0 Å². The fraction of sp³-hybridized carbons (Fsp3) is 0.111. The number of halogens is 1. The standard InChI is InChI=1S/C9H7FN4O2S/c1-4-12-9(14-13-4)17-7-6(10)5(8(15)16)2-3-11-7/h2-3H,1H3,(H,15,16)(H,12,13,14). The molecule has 0 saturated carbocycles. The number of carboxylic acids is 1. The van der Waals surface area contributed by atoms with E-state index in [4.69, 9.17) is 5.11 Å². The van der Waals surface area contributed by atoms with E-state index >= 15 is 0 Å². The minimum absolute atomic E-state index is 0.0658. The smallest absolute Gasteiger partial charge is 0.338 e. The molecule has 2 N–H and O–H groups in total. The molecule has 17 heavy (non-hydrogen) atoms. The second kappa shape index (κ2) is 4.50. The van der Waals surface area contributed by atoms with Gasteiger partial charge in [-0.05, 0) is 24.8 Å².